The van der Waals surface area contributed by atoms with Crippen LogP contribution >= 0.6 is 0 Å². The zero-order valence-electron chi connectivity index (χ0n) is 21.6. The molecule has 5 rings (SSSR count). The predicted molar refractivity (Wildman–Crippen MR) is 145 cm³/mol. The molecular weight excluding hydrogens is 484 g/mol. The highest BCUT2D eigenvalue weighted by molar-refractivity contribution is 6.20. The summed E-state index contributed by atoms with van der Waals surface area (Å²) >= 11 is 0. The molecule has 8 heteroatoms. The molecule has 4 aromatic rings. The van der Waals surface area contributed by atoms with Crippen LogP contribution in [0.4, 0.5) is 11.4 Å². The summed E-state index contributed by atoms with van der Waals surface area (Å²) in [6.45, 7) is 2.32. The van der Waals surface area contributed by atoms with Gasteiger partial charge in [-0.3, -0.25) is 14.5 Å². The van der Waals surface area contributed by atoms with Crippen molar-refractivity contribution in [1.29, 1.82) is 0 Å². The van der Waals surface area contributed by atoms with Crippen LogP contribution in [0.5, 0.6) is 11.5 Å². The van der Waals surface area contributed by atoms with E-state index in [2.05, 4.69) is 0 Å². The van der Waals surface area contributed by atoms with E-state index in [-0.39, 0.29) is 11.3 Å². The molecule has 0 radical (unpaired) electrons. The maximum atomic E-state index is 13.9. The van der Waals surface area contributed by atoms with Gasteiger partial charge in [0.1, 0.15) is 5.75 Å². The number of amides is 1. The number of rotatable bonds is 8. The number of benzene rings is 3. The van der Waals surface area contributed by atoms with Gasteiger partial charge in [0.25, 0.3) is 5.91 Å². The molecule has 0 fully saturated rings. The lowest BCUT2D eigenvalue weighted by Gasteiger charge is -2.27. The van der Waals surface area contributed by atoms with Crippen LogP contribution < -0.4 is 19.3 Å². The molecule has 8 nitrogen and oxygen atoms in total. The summed E-state index contributed by atoms with van der Waals surface area (Å²) < 4.78 is 16.9. The van der Waals surface area contributed by atoms with Crippen LogP contribution in [0.25, 0.3) is 11.0 Å². The first-order valence-corrected chi connectivity index (χ1v) is 12.2. The number of fused-ring (bicyclic) bond motifs is 1. The van der Waals surface area contributed by atoms with E-state index >= 15 is 0 Å². The van der Waals surface area contributed by atoms with E-state index in [1.54, 1.807) is 48.5 Å². The molecule has 194 valence electrons. The van der Waals surface area contributed by atoms with Crippen molar-refractivity contribution in [2.75, 3.05) is 37.6 Å². The number of ether oxygens (including phenoxy) is 2. The zero-order valence-corrected chi connectivity index (χ0v) is 21.6. The van der Waals surface area contributed by atoms with Gasteiger partial charge in [-0.05, 0) is 48.9 Å². The fraction of sp³-hybridized carbons (Fsp3) is 0.200. The minimum Gasteiger partial charge on any atom is -0.503 e. The van der Waals surface area contributed by atoms with Crippen molar-refractivity contribution in [3.8, 4) is 11.5 Å². The van der Waals surface area contributed by atoms with Gasteiger partial charge in [-0.1, -0.05) is 30.3 Å². The Morgan fingerprint density at radius 3 is 2.47 bits per heavy atom. The lowest BCUT2D eigenvalue weighted by molar-refractivity contribution is -0.117. The first kappa shape index (κ1) is 25.0. The molecule has 1 unspecified atom stereocenters. The molecule has 0 bridgehead atoms. The Labute approximate surface area is 220 Å². The quantitative estimate of drug-likeness (QED) is 0.303. The topological polar surface area (TPSA) is 92.5 Å². The van der Waals surface area contributed by atoms with Crippen LogP contribution in [0.1, 0.15) is 29.1 Å². The third kappa shape index (κ3) is 4.24. The summed E-state index contributed by atoms with van der Waals surface area (Å²) in [7, 11) is 5.37. The largest absolute Gasteiger partial charge is 0.503 e. The summed E-state index contributed by atoms with van der Waals surface area (Å²) in [6.07, 6.45) is 0. The molecule has 0 aliphatic carbocycles. The minimum atomic E-state index is -0.891. The Morgan fingerprint density at radius 1 is 1.05 bits per heavy atom. The van der Waals surface area contributed by atoms with Gasteiger partial charge < -0.3 is 23.9 Å². The van der Waals surface area contributed by atoms with Crippen molar-refractivity contribution in [3.63, 3.8) is 0 Å². The van der Waals surface area contributed by atoms with Crippen molar-refractivity contribution >= 4 is 34.0 Å². The van der Waals surface area contributed by atoms with Crippen LogP contribution in [0.2, 0.25) is 0 Å². The number of para-hydroxylation sites is 1. The third-order valence-corrected chi connectivity index (χ3v) is 6.54. The minimum absolute atomic E-state index is 0.00122. The fourth-order valence-electron chi connectivity index (χ4n) is 4.71. The molecule has 1 amide bonds. The zero-order chi connectivity index (χ0) is 27.0. The predicted octanol–water partition coefficient (Wildman–Crippen LogP) is 5.69. The van der Waals surface area contributed by atoms with E-state index < -0.39 is 23.5 Å². The lowest BCUT2D eigenvalue weighted by Crippen LogP contribution is -2.31. The maximum absolute atomic E-state index is 13.9. The Balaban J connectivity index is 1.64. The summed E-state index contributed by atoms with van der Waals surface area (Å²) in [6, 6.07) is 20.5. The highest BCUT2D eigenvalue weighted by Crippen LogP contribution is 2.43. The van der Waals surface area contributed by atoms with Gasteiger partial charge in [-0.25, -0.2) is 0 Å². The average molecular weight is 513 g/mol. The number of aliphatic hydroxyl groups is 1. The van der Waals surface area contributed by atoms with Crippen LogP contribution in [0.15, 0.2) is 88.5 Å². The molecule has 3 aromatic carbocycles. The molecule has 0 spiro atoms. The van der Waals surface area contributed by atoms with Gasteiger partial charge in [-0.2, -0.15) is 0 Å². The maximum Gasteiger partial charge on any atom is 0.294 e. The first-order valence-electron chi connectivity index (χ1n) is 12.2. The van der Waals surface area contributed by atoms with E-state index in [1.165, 1.54) is 12.0 Å². The summed E-state index contributed by atoms with van der Waals surface area (Å²) in [5.74, 6) is -0.836. The molecule has 0 saturated carbocycles. The molecule has 1 aliphatic rings. The van der Waals surface area contributed by atoms with Gasteiger partial charge in [0.2, 0.25) is 5.78 Å². The normalized spacial score (nSPS) is 15.3. The van der Waals surface area contributed by atoms with Gasteiger partial charge in [0.05, 0.1) is 25.3 Å². The van der Waals surface area contributed by atoms with Crippen molar-refractivity contribution in [2.24, 2.45) is 0 Å². The molecule has 1 aromatic heterocycles. The SMILES string of the molecule is CCOc1cccc(N2C(=O)C(O)=C(C(=O)c3cc4cccc(OC)c4o3)C2c2ccc(N(C)C)cc2)c1. The number of methoxy groups -OCH3 is 1. The van der Waals surface area contributed by atoms with Crippen molar-refractivity contribution in [2.45, 2.75) is 13.0 Å². The van der Waals surface area contributed by atoms with E-state index in [1.807, 2.05) is 50.2 Å². The number of nitrogens with zero attached hydrogens (tertiary/aromatic N) is 2. The molecular formula is C30H28N2O6. The first-order chi connectivity index (χ1) is 18.3. The number of hydrogen-bond acceptors (Lipinski definition) is 7. The van der Waals surface area contributed by atoms with Crippen LogP contribution in [0, 0.1) is 0 Å². The molecule has 1 atom stereocenters. The van der Waals surface area contributed by atoms with Gasteiger partial charge in [-0.15, -0.1) is 0 Å². The number of hydrogen-bond donors (Lipinski definition) is 1. The summed E-state index contributed by atoms with van der Waals surface area (Å²) in [5.41, 5.74) is 2.45. The Bertz CT molecular complexity index is 1550. The van der Waals surface area contributed by atoms with Gasteiger partial charge in [0.15, 0.2) is 22.9 Å². The highest BCUT2D eigenvalue weighted by Gasteiger charge is 2.45. The molecule has 1 aliphatic heterocycles. The van der Waals surface area contributed by atoms with Crippen molar-refractivity contribution < 1.29 is 28.6 Å². The third-order valence-electron chi connectivity index (χ3n) is 6.54. The Morgan fingerprint density at radius 2 is 1.79 bits per heavy atom. The number of anilines is 2. The van der Waals surface area contributed by atoms with Crippen LogP contribution in [-0.4, -0.2) is 44.6 Å². The van der Waals surface area contributed by atoms with E-state index in [0.29, 0.717) is 40.3 Å². The fourth-order valence-corrected chi connectivity index (χ4v) is 4.71. The van der Waals surface area contributed by atoms with Crippen LogP contribution in [-0.2, 0) is 4.79 Å². The number of carbonyl (C=O) groups excluding carboxylic acids is 2. The lowest BCUT2D eigenvalue weighted by atomic mass is 9.94. The number of furan rings is 1. The molecule has 2 heterocycles. The smallest absolute Gasteiger partial charge is 0.294 e. The van der Waals surface area contributed by atoms with E-state index in [0.717, 1.165) is 5.69 Å². The van der Waals surface area contributed by atoms with Crippen LogP contribution in [0.3, 0.4) is 0 Å². The average Bonchev–Trinajstić information content (AvgIpc) is 3.48. The van der Waals surface area contributed by atoms with Gasteiger partial charge >= 0.3 is 0 Å². The molecule has 38 heavy (non-hydrogen) atoms. The van der Waals surface area contributed by atoms with Gasteiger partial charge in [0, 0.05) is 36.9 Å². The Hall–Kier alpha value is -4.72. The number of carbonyl (C=O) groups is 2. The Kier molecular flexibility index (Phi) is 6.55. The van der Waals surface area contributed by atoms with Crippen molar-refractivity contribution in [3.05, 3.63) is 95.5 Å². The number of ketones is 1. The summed E-state index contributed by atoms with van der Waals surface area (Å²) in [4.78, 5) is 30.8. The summed E-state index contributed by atoms with van der Waals surface area (Å²) in [5, 5.41) is 11.8. The molecule has 1 N–H and O–H groups in total. The van der Waals surface area contributed by atoms with Crippen molar-refractivity contribution in [1.82, 2.24) is 0 Å². The second-order valence-electron chi connectivity index (χ2n) is 9.07. The molecule has 0 saturated heterocycles. The number of Topliss-reactive ketones (excluding diaryl/α,β-unsaturated/α-hetero) is 1. The highest BCUT2D eigenvalue weighted by atomic mass is 16.5. The van der Waals surface area contributed by atoms with E-state index in [4.69, 9.17) is 13.9 Å². The second kappa shape index (κ2) is 9.97. The standard InChI is InChI=1S/C30H28N2O6/c1-5-37-22-10-7-9-21(17-22)32-26(18-12-14-20(15-13-18)31(2)3)25(28(34)30(32)35)27(33)24-16-19-8-6-11-23(36-4)29(19)38-24/h6-17,26,34H,5H2,1-4H3. The monoisotopic (exact) mass is 512 g/mol. The van der Waals surface area contributed by atoms with E-state index in [9.17, 15) is 14.7 Å². The second-order valence-corrected chi connectivity index (χ2v) is 9.07. The number of aliphatic hydroxyl groups excluding tert-OH is 1.